The van der Waals surface area contributed by atoms with Crippen LogP contribution in [0.2, 0.25) is 0 Å². The minimum Gasteiger partial charge on any atom is -0.369 e. The minimum absolute atomic E-state index is 0.275. The molecule has 1 heterocycles. The molecule has 0 bridgehead atoms. The van der Waals surface area contributed by atoms with E-state index < -0.39 is 0 Å². The van der Waals surface area contributed by atoms with E-state index in [1.165, 1.54) is 6.42 Å². The number of hydrogen-bond donors (Lipinski definition) is 0. The summed E-state index contributed by atoms with van der Waals surface area (Å²) in [7, 11) is 0. The zero-order valence-corrected chi connectivity index (χ0v) is 11.9. The molecule has 2 nitrogen and oxygen atoms in total. The Labute approximate surface area is 106 Å². The lowest BCUT2D eigenvalue weighted by Crippen LogP contribution is -2.33. The quantitative estimate of drug-likeness (QED) is 0.549. The number of nitrogens with zero attached hydrogens (tertiary/aromatic N) is 1. The maximum absolute atomic E-state index is 6.24. The second-order valence-corrected chi connectivity index (χ2v) is 6.34. The van der Waals surface area contributed by atoms with Gasteiger partial charge in [0.05, 0.1) is 18.2 Å². The normalized spacial score (nSPS) is 36.1. The van der Waals surface area contributed by atoms with E-state index in [4.69, 9.17) is 4.74 Å². The molecule has 4 atom stereocenters. The lowest BCUT2D eigenvalue weighted by atomic mass is 10.0. The van der Waals surface area contributed by atoms with E-state index in [9.17, 15) is 0 Å². The van der Waals surface area contributed by atoms with E-state index in [0.717, 1.165) is 18.9 Å². The second kappa shape index (κ2) is 4.74. The predicted molar refractivity (Wildman–Crippen MR) is 72.2 cm³/mol. The van der Waals surface area contributed by atoms with E-state index in [1.807, 2.05) is 0 Å². The number of rotatable bonds is 4. The highest BCUT2D eigenvalue weighted by Crippen LogP contribution is 2.44. The van der Waals surface area contributed by atoms with Crippen molar-refractivity contribution < 1.29 is 4.74 Å². The van der Waals surface area contributed by atoms with Gasteiger partial charge in [0.25, 0.3) is 0 Å². The Hall–Kier alpha value is -0.340. The molecule has 1 saturated heterocycles. The smallest absolute Gasteiger partial charge is 0.0930 e. The Kier molecular flexibility index (Phi) is 3.65. The summed E-state index contributed by atoms with van der Waals surface area (Å²) in [5, 5.41) is 0. The molecule has 1 aliphatic carbocycles. The molecule has 0 aromatic carbocycles. The first-order valence-electron chi connectivity index (χ1n) is 7.09. The molecule has 0 spiro atoms. The van der Waals surface area contributed by atoms with Crippen LogP contribution < -0.4 is 0 Å². The van der Waals surface area contributed by atoms with E-state index in [1.54, 1.807) is 0 Å². The van der Waals surface area contributed by atoms with Crippen molar-refractivity contribution in [2.75, 3.05) is 0 Å². The third-order valence-electron chi connectivity index (χ3n) is 4.06. The van der Waals surface area contributed by atoms with Gasteiger partial charge >= 0.3 is 0 Å². The van der Waals surface area contributed by atoms with E-state index >= 15 is 0 Å². The molecule has 0 aromatic rings. The average Bonchev–Trinajstić information content (AvgIpc) is 3.00. The van der Waals surface area contributed by atoms with Crippen LogP contribution in [0.25, 0.3) is 0 Å². The van der Waals surface area contributed by atoms with Crippen molar-refractivity contribution >= 4 is 0 Å². The summed E-state index contributed by atoms with van der Waals surface area (Å²) >= 11 is 0. The molecule has 0 saturated carbocycles. The van der Waals surface area contributed by atoms with Crippen molar-refractivity contribution in [1.29, 1.82) is 0 Å². The predicted octanol–water partition coefficient (Wildman–Crippen LogP) is 3.37. The monoisotopic (exact) mass is 237 g/mol. The molecule has 2 heteroatoms. The summed E-state index contributed by atoms with van der Waals surface area (Å²) in [5.74, 6) is 0. The van der Waals surface area contributed by atoms with Crippen LogP contribution in [0.1, 0.15) is 53.9 Å². The molecular weight excluding hydrogens is 210 g/mol. The molecule has 1 aliphatic heterocycles. The first-order valence-corrected chi connectivity index (χ1v) is 7.09. The Bertz CT molecular complexity index is 288. The maximum atomic E-state index is 6.24. The summed E-state index contributed by atoms with van der Waals surface area (Å²) < 4.78 is 6.24. The Morgan fingerprint density at radius 1 is 1.29 bits per heavy atom. The standard InChI is InChI=1S/C15H27NO/c1-6-11(7-2)17-13-10-8-9-12-14(13)16(12)15(3,4)5/h8,10-14H,6-7,9H2,1-5H3/t12-,13-,14-,16?/m1/s1. The van der Waals surface area contributed by atoms with Crippen LogP contribution in [0.3, 0.4) is 0 Å². The number of ether oxygens (including phenoxy) is 1. The molecule has 0 aromatic heterocycles. The number of fused-ring (bicyclic) bond motifs is 1. The Morgan fingerprint density at radius 3 is 2.47 bits per heavy atom. The maximum Gasteiger partial charge on any atom is 0.0930 e. The van der Waals surface area contributed by atoms with Crippen molar-refractivity contribution in [3.8, 4) is 0 Å². The minimum atomic E-state index is 0.275. The summed E-state index contributed by atoms with van der Waals surface area (Å²) in [4.78, 5) is 2.61. The van der Waals surface area contributed by atoms with E-state index in [-0.39, 0.29) is 5.54 Å². The summed E-state index contributed by atoms with van der Waals surface area (Å²) in [5.41, 5.74) is 0.275. The first-order chi connectivity index (χ1) is 7.99. The fourth-order valence-corrected chi connectivity index (χ4v) is 3.17. The zero-order chi connectivity index (χ0) is 12.6. The summed E-state index contributed by atoms with van der Waals surface area (Å²) in [6.07, 6.45) is 8.76. The van der Waals surface area contributed by atoms with Gasteiger partial charge in [0.2, 0.25) is 0 Å². The highest BCUT2D eigenvalue weighted by Gasteiger charge is 2.57. The van der Waals surface area contributed by atoms with Gasteiger partial charge in [-0.05, 0) is 40.0 Å². The van der Waals surface area contributed by atoms with Crippen LogP contribution in [0, 0.1) is 0 Å². The van der Waals surface area contributed by atoms with Crippen molar-refractivity contribution in [3.05, 3.63) is 12.2 Å². The molecule has 2 aliphatic rings. The Morgan fingerprint density at radius 2 is 1.94 bits per heavy atom. The van der Waals surface area contributed by atoms with Gasteiger partial charge in [-0.1, -0.05) is 26.0 Å². The van der Waals surface area contributed by atoms with Gasteiger partial charge < -0.3 is 4.74 Å². The van der Waals surface area contributed by atoms with Gasteiger partial charge in [-0.3, -0.25) is 4.90 Å². The van der Waals surface area contributed by atoms with Crippen LogP contribution in [-0.2, 0) is 4.74 Å². The summed E-state index contributed by atoms with van der Waals surface area (Å²) in [6, 6.07) is 1.35. The van der Waals surface area contributed by atoms with Crippen molar-refractivity contribution in [2.24, 2.45) is 0 Å². The molecule has 2 rings (SSSR count). The van der Waals surface area contributed by atoms with Crippen LogP contribution in [0.4, 0.5) is 0 Å². The van der Waals surface area contributed by atoms with Crippen LogP contribution in [0.15, 0.2) is 12.2 Å². The molecule has 1 fully saturated rings. The lowest BCUT2D eigenvalue weighted by Gasteiger charge is -2.25. The van der Waals surface area contributed by atoms with Gasteiger partial charge in [-0.25, -0.2) is 0 Å². The molecule has 0 radical (unpaired) electrons. The van der Waals surface area contributed by atoms with Crippen molar-refractivity contribution in [3.63, 3.8) is 0 Å². The number of hydrogen-bond acceptors (Lipinski definition) is 2. The molecule has 0 N–H and O–H groups in total. The molecular formula is C15H27NO. The highest BCUT2D eigenvalue weighted by molar-refractivity contribution is 5.21. The SMILES string of the molecule is CCC(CC)O[C@@H]1C=CC[C@@H]2[C@H]1N2C(C)(C)C. The van der Waals surface area contributed by atoms with Gasteiger partial charge in [0.15, 0.2) is 0 Å². The zero-order valence-electron chi connectivity index (χ0n) is 11.9. The second-order valence-electron chi connectivity index (χ2n) is 6.34. The third-order valence-corrected chi connectivity index (χ3v) is 4.06. The first kappa shape index (κ1) is 13.1. The van der Waals surface area contributed by atoms with Gasteiger partial charge in [-0.2, -0.15) is 0 Å². The van der Waals surface area contributed by atoms with E-state index in [2.05, 4.69) is 51.7 Å². The summed E-state index contributed by atoms with van der Waals surface area (Å²) in [6.45, 7) is 11.3. The Balaban J connectivity index is 1.99. The van der Waals surface area contributed by atoms with Gasteiger partial charge in [-0.15, -0.1) is 0 Å². The van der Waals surface area contributed by atoms with Gasteiger partial charge in [0, 0.05) is 11.6 Å². The largest absolute Gasteiger partial charge is 0.369 e. The molecule has 1 unspecified atom stereocenters. The van der Waals surface area contributed by atoms with Crippen LogP contribution >= 0.6 is 0 Å². The van der Waals surface area contributed by atoms with Crippen molar-refractivity contribution in [2.45, 2.75) is 83.7 Å². The molecule has 17 heavy (non-hydrogen) atoms. The lowest BCUT2D eigenvalue weighted by molar-refractivity contribution is -0.00143. The topological polar surface area (TPSA) is 12.2 Å². The highest BCUT2D eigenvalue weighted by atomic mass is 16.5. The van der Waals surface area contributed by atoms with Crippen molar-refractivity contribution in [1.82, 2.24) is 4.90 Å². The average molecular weight is 237 g/mol. The third kappa shape index (κ3) is 2.58. The van der Waals surface area contributed by atoms with E-state index in [0.29, 0.717) is 18.2 Å². The van der Waals surface area contributed by atoms with Crippen LogP contribution in [0.5, 0.6) is 0 Å². The molecule has 0 amide bonds. The fraction of sp³-hybridized carbons (Fsp3) is 0.867. The molecule has 98 valence electrons. The van der Waals surface area contributed by atoms with Crippen LogP contribution in [-0.4, -0.2) is 34.7 Å². The fourth-order valence-electron chi connectivity index (χ4n) is 3.17. The van der Waals surface area contributed by atoms with Gasteiger partial charge in [0.1, 0.15) is 0 Å².